The molecule has 32 heavy (non-hydrogen) atoms. The maximum absolute atomic E-state index is 12.9. The summed E-state index contributed by atoms with van der Waals surface area (Å²) in [7, 11) is 10.1. The molecule has 6 nitrogen and oxygen atoms in total. The quantitative estimate of drug-likeness (QED) is 0.361. The fourth-order valence-corrected chi connectivity index (χ4v) is 4.15. The first-order valence-corrected chi connectivity index (χ1v) is 11.0. The number of aryl methyl sites for hydroxylation is 1. The Balaban J connectivity index is 1.77. The van der Waals surface area contributed by atoms with Gasteiger partial charge < -0.3 is 15.1 Å². The molecule has 0 aliphatic carbocycles. The number of anilines is 1. The summed E-state index contributed by atoms with van der Waals surface area (Å²) >= 11 is 0. The van der Waals surface area contributed by atoms with E-state index in [0.29, 0.717) is 12.2 Å². The molecular formula is C26H32N5O+. The van der Waals surface area contributed by atoms with Crippen molar-refractivity contribution in [3.8, 4) is 0 Å². The summed E-state index contributed by atoms with van der Waals surface area (Å²) in [6.45, 7) is 1.61. The molecule has 0 saturated heterocycles. The number of amides is 1. The van der Waals surface area contributed by atoms with Gasteiger partial charge >= 0.3 is 5.91 Å². The number of carbonyl (C=O) groups is 1. The number of aromatic nitrogens is 2. The SMILES string of the molecule is CN(C)CCCNC(=O)c1cc2c(=Cc3ccc(N(C)C)cc3)c3ccccc3n2[n+]1C. The van der Waals surface area contributed by atoms with E-state index < -0.39 is 0 Å². The van der Waals surface area contributed by atoms with Crippen LogP contribution in [0.2, 0.25) is 0 Å². The minimum absolute atomic E-state index is 0.0414. The Morgan fingerprint density at radius 1 is 1.03 bits per heavy atom. The normalized spacial score (nSPS) is 12.2. The predicted molar refractivity (Wildman–Crippen MR) is 131 cm³/mol. The van der Waals surface area contributed by atoms with Gasteiger partial charge in [0.05, 0.1) is 0 Å². The lowest BCUT2D eigenvalue weighted by molar-refractivity contribution is -0.736. The summed E-state index contributed by atoms with van der Waals surface area (Å²) in [5.74, 6) is -0.0414. The van der Waals surface area contributed by atoms with Gasteiger partial charge in [-0.05, 0) is 56.9 Å². The molecule has 6 heteroatoms. The van der Waals surface area contributed by atoms with Gasteiger partial charge in [0.25, 0.3) is 5.69 Å². The molecule has 0 saturated carbocycles. The molecule has 0 fully saturated rings. The summed E-state index contributed by atoms with van der Waals surface area (Å²) < 4.78 is 4.08. The van der Waals surface area contributed by atoms with Crippen molar-refractivity contribution in [3.05, 3.63) is 71.1 Å². The van der Waals surface area contributed by atoms with Crippen LogP contribution in [-0.4, -0.2) is 56.6 Å². The lowest BCUT2D eigenvalue weighted by atomic mass is 10.1. The molecule has 4 rings (SSSR count). The van der Waals surface area contributed by atoms with E-state index in [1.54, 1.807) is 0 Å². The molecule has 2 aromatic heterocycles. The smallest absolute Gasteiger partial charge is 0.318 e. The van der Waals surface area contributed by atoms with Crippen LogP contribution in [0.3, 0.4) is 0 Å². The van der Waals surface area contributed by atoms with Gasteiger partial charge in [-0.25, -0.2) is 0 Å². The zero-order valence-corrected chi connectivity index (χ0v) is 19.6. The molecule has 1 N–H and O–H groups in total. The molecular weight excluding hydrogens is 398 g/mol. The van der Waals surface area contributed by atoms with Gasteiger partial charge in [0, 0.05) is 43.0 Å². The average Bonchev–Trinajstić information content (AvgIpc) is 3.27. The molecule has 2 aromatic carbocycles. The number of para-hydroxylation sites is 1. The number of nitrogens with one attached hydrogen (secondary N) is 1. The number of hydrogen-bond donors (Lipinski definition) is 1. The second kappa shape index (κ2) is 9.01. The van der Waals surface area contributed by atoms with E-state index in [9.17, 15) is 4.79 Å². The van der Waals surface area contributed by atoms with E-state index in [1.807, 2.05) is 52.1 Å². The first-order valence-electron chi connectivity index (χ1n) is 11.0. The molecule has 0 spiro atoms. The van der Waals surface area contributed by atoms with Crippen molar-refractivity contribution in [2.75, 3.05) is 46.2 Å². The number of carbonyl (C=O) groups excluding carboxylic acids is 1. The maximum Gasteiger partial charge on any atom is 0.318 e. The van der Waals surface area contributed by atoms with Crippen LogP contribution in [0, 0.1) is 0 Å². The van der Waals surface area contributed by atoms with E-state index in [1.165, 1.54) is 11.1 Å². The minimum Gasteiger partial charge on any atom is -0.378 e. The molecule has 0 aliphatic rings. The molecule has 0 unspecified atom stereocenters. The predicted octanol–water partition coefficient (Wildman–Crippen LogP) is 2.21. The summed E-state index contributed by atoms with van der Waals surface area (Å²) in [4.78, 5) is 17.1. The van der Waals surface area contributed by atoms with Gasteiger partial charge in [-0.2, -0.15) is 0 Å². The topological polar surface area (TPSA) is 43.9 Å². The lowest BCUT2D eigenvalue weighted by Crippen LogP contribution is -2.43. The third-order valence-corrected chi connectivity index (χ3v) is 5.87. The second-order valence-corrected chi connectivity index (χ2v) is 8.72. The van der Waals surface area contributed by atoms with Gasteiger partial charge in [0.15, 0.2) is 7.05 Å². The fraction of sp³-hybridized carbons (Fsp3) is 0.308. The fourth-order valence-electron chi connectivity index (χ4n) is 4.15. The number of benzene rings is 2. The van der Waals surface area contributed by atoms with Crippen LogP contribution < -0.4 is 20.1 Å². The van der Waals surface area contributed by atoms with Crippen molar-refractivity contribution in [3.63, 3.8) is 0 Å². The summed E-state index contributed by atoms with van der Waals surface area (Å²) in [5.41, 5.74) is 5.08. The first kappa shape index (κ1) is 21.8. The van der Waals surface area contributed by atoms with E-state index in [2.05, 4.69) is 68.2 Å². The largest absolute Gasteiger partial charge is 0.378 e. The van der Waals surface area contributed by atoms with E-state index in [4.69, 9.17) is 0 Å². The van der Waals surface area contributed by atoms with Crippen LogP contribution in [-0.2, 0) is 7.05 Å². The minimum atomic E-state index is -0.0414. The Labute approximate surface area is 189 Å². The van der Waals surface area contributed by atoms with Crippen molar-refractivity contribution in [1.29, 1.82) is 0 Å². The summed E-state index contributed by atoms with van der Waals surface area (Å²) in [6.07, 6.45) is 3.13. The van der Waals surface area contributed by atoms with E-state index in [-0.39, 0.29) is 5.91 Å². The Hall–Kier alpha value is -3.38. The standard InChI is InChI=1S/C26H31N5O/c1-28(2)16-8-15-27-26(32)25-18-24-22(17-19-11-13-20(14-12-19)29(3)4)21-9-6-7-10-23(21)31(24)30(25)5/h6-7,9-14,17-18H,8,15-16H2,1-5H3/p+1. The van der Waals surface area contributed by atoms with Crippen molar-refractivity contribution in [1.82, 2.24) is 14.7 Å². The van der Waals surface area contributed by atoms with E-state index >= 15 is 0 Å². The van der Waals surface area contributed by atoms with Crippen molar-refractivity contribution in [2.45, 2.75) is 6.42 Å². The zero-order valence-electron chi connectivity index (χ0n) is 19.6. The van der Waals surface area contributed by atoms with Gasteiger partial charge in [-0.1, -0.05) is 30.3 Å². The number of rotatable bonds is 7. The number of nitrogens with zero attached hydrogens (tertiary/aromatic N) is 4. The van der Waals surface area contributed by atoms with Crippen LogP contribution in [0.4, 0.5) is 5.69 Å². The highest BCUT2D eigenvalue weighted by Crippen LogP contribution is 2.17. The van der Waals surface area contributed by atoms with Crippen molar-refractivity contribution >= 4 is 34.1 Å². The highest BCUT2D eigenvalue weighted by atomic mass is 16.2. The zero-order chi connectivity index (χ0) is 22.8. The molecule has 2 heterocycles. The molecule has 0 radical (unpaired) electrons. The van der Waals surface area contributed by atoms with Crippen LogP contribution in [0.15, 0.2) is 54.6 Å². The molecule has 0 bridgehead atoms. The van der Waals surface area contributed by atoms with Gasteiger partial charge in [0.2, 0.25) is 0 Å². The van der Waals surface area contributed by atoms with Gasteiger partial charge in [-0.3, -0.25) is 4.79 Å². The van der Waals surface area contributed by atoms with Gasteiger partial charge in [-0.15, -0.1) is 9.20 Å². The molecule has 0 aliphatic heterocycles. The highest BCUT2D eigenvalue weighted by molar-refractivity contribution is 5.95. The summed E-state index contributed by atoms with van der Waals surface area (Å²) in [5, 5.41) is 5.36. The average molecular weight is 431 g/mol. The van der Waals surface area contributed by atoms with Gasteiger partial charge in [0.1, 0.15) is 11.0 Å². The monoisotopic (exact) mass is 430 g/mol. The molecule has 1 amide bonds. The lowest BCUT2D eigenvalue weighted by Gasteiger charge is -2.11. The second-order valence-electron chi connectivity index (χ2n) is 8.72. The third kappa shape index (κ3) is 4.18. The van der Waals surface area contributed by atoms with Crippen molar-refractivity contribution < 1.29 is 9.48 Å². The number of fused-ring (bicyclic) bond motifs is 3. The highest BCUT2D eigenvalue weighted by Gasteiger charge is 2.25. The third-order valence-electron chi connectivity index (χ3n) is 5.87. The van der Waals surface area contributed by atoms with Crippen LogP contribution >= 0.6 is 0 Å². The van der Waals surface area contributed by atoms with Crippen molar-refractivity contribution in [2.24, 2.45) is 7.05 Å². The molecule has 0 atom stereocenters. The number of hydrogen-bond acceptors (Lipinski definition) is 3. The van der Waals surface area contributed by atoms with E-state index in [0.717, 1.165) is 34.8 Å². The maximum atomic E-state index is 12.9. The van der Waals surface area contributed by atoms with Crippen LogP contribution in [0.5, 0.6) is 0 Å². The van der Waals surface area contributed by atoms with Crippen LogP contribution in [0.25, 0.3) is 22.5 Å². The Morgan fingerprint density at radius 2 is 1.75 bits per heavy atom. The van der Waals surface area contributed by atoms with Crippen LogP contribution in [0.1, 0.15) is 22.5 Å². The molecule has 4 aromatic rings. The first-order chi connectivity index (χ1) is 15.4. The summed E-state index contributed by atoms with van der Waals surface area (Å²) in [6, 6.07) is 18.9. The Morgan fingerprint density at radius 3 is 2.44 bits per heavy atom. The molecule has 166 valence electrons. The Kier molecular flexibility index (Phi) is 6.15. The Bertz CT molecular complexity index is 1300.